The molecule has 166 valence electrons. The quantitative estimate of drug-likeness (QED) is 0.317. The van der Waals surface area contributed by atoms with Gasteiger partial charge >= 0.3 is 5.97 Å². The van der Waals surface area contributed by atoms with Crippen LogP contribution in [0.1, 0.15) is 67.7 Å². The van der Waals surface area contributed by atoms with Crippen molar-refractivity contribution in [2.45, 2.75) is 86.0 Å². The van der Waals surface area contributed by atoms with Gasteiger partial charge in [0.25, 0.3) is 0 Å². The number of carbonyl (C=O) groups excluding carboxylic acids is 1. The van der Waals surface area contributed by atoms with E-state index in [9.17, 15) is 15.0 Å². The van der Waals surface area contributed by atoms with E-state index in [-0.39, 0.29) is 17.9 Å². The number of hydrogen-bond donors (Lipinski definition) is 2. The van der Waals surface area contributed by atoms with Crippen LogP contribution in [-0.4, -0.2) is 46.8 Å². The maximum atomic E-state index is 12.6. The molecular formula is C23H39NO5. The molecule has 0 radical (unpaired) electrons. The van der Waals surface area contributed by atoms with Crippen molar-refractivity contribution in [3.05, 3.63) is 23.3 Å². The van der Waals surface area contributed by atoms with E-state index in [0.29, 0.717) is 30.7 Å². The molecule has 4 unspecified atom stereocenters. The number of ether oxygens (including phenoxy) is 1. The van der Waals surface area contributed by atoms with Gasteiger partial charge in [-0.1, -0.05) is 38.9 Å². The smallest absolute Gasteiger partial charge is 0.311 e. The van der Waals surface area contributed by atoms with E-state index in [0.717, 1.165) is 12.0 Å². The second-order valence-electron chi connectivity index (χ2n) is 8.32. The molecule has 0 aromatic rings. The molecule has 6 heteroatoms. The average Bonchev–Trinajstić information content (AvgIpc) is 2.68. The van der Waals surface area contributed by atoms with E-state index in [2.05, 4.69) is 5.16 Å². The van der Waals surface area contributed by atoms with Crippen molar-refractivity contribution in [1.29, 1.82) is 0 Å². The zero-order chi connectivity index (χ0) is 22.1. The Morgan fingerprint density at radius 3 is 2.38 bits per heavy atom. The fourth-order valence-electron chi connectivity index (χ4n) is 3.54. The minimum Gasteiger partial charge on any atom is -0.461 e. The number of allylic oxidation sites excluding steroid dienone is 1. The van der Waals surface area contributed by atoms with Crippen LogP contribution in [0, 0.1) is 17.8 Å². The Morgan fingerprint density at radius 2 is 1.79 bits per heavy atom. The summed E-state index contributed by atoms with van der Waals surface area (Å²) in [6.45, 7) is 13.7. The van der Waals surface area contributed by atoms with E-state index in [4.69, 9.17) is 9.57 Å². The van der Waals surface area contributed by atoms with Gasteiger partial charge in [0.2, 0.25) is 0 Å². The highest BCUT2D eigenvalue weighted by atomic mass is 16.6. The topological polar surface area (TPSA) is 88.4 Å². The van der Waals surface area contributed by atoms with Gasteiger partial charge < -0.3 is 19.8 Å². The monoisotopic (exact) mass is 409 g/mol. The molecule has 0 spiro atoms. The van der Waals surface area contributed by atoms with Crippen LogP contribution in [0.2, 0.25) is 0 Å². The summed E-state index contributed by atoms with van der Waals surface area (Å²) >= 11 is 0. The average molecular weight is 410 g/mol. The Bertz CT molecular complexity index is 625. The van der Waals surface area contributed by atoms with E-state index < -0.39 is 24.1 Å². The molecule has 0 bridgehead atoms. The largest absolute Gasteiger partial charge is 0.461 e. The highest BCUT2D eigenvalue weighted by molar-refractivity contribution is 5.95. The first-order chi connectivity index (χ1) is 13.6. The molecular weight excluding hydrogens is 370 g/mol. The van der Waals surface area contributed by atoms with Gasteiger partial charge in [-0.25, -0.2) is 0 Å². The molecule has 1 aliphatic heterocycles. The molecule has 1 rings (SSSR count). The first-order valence-electron chi connectivity index (χ1n) is 10.7. The Balaban J connectivity index is 3.33. The zero-order valence-electron chi connectivity index (χ0n) is 19.0. The lowest BCUT2D eigenvalue weighted by molar-refractivity contribution is -0.158. The molecule has 0 saturated heterocycles. The van der Waals surface area contributed by atoms with E-state index in [1.807, 2.05) is 40.7 Å². The zero-order valence-corrected chi connectivity index (χ0v) is 19.0. The van der Waals surface area contributed by atoms with Crippen LogP contribution in [0.3, 0.4) is 0 Å². The molecule has 0 aromatic carbocycles. The SMILES string of the molecule is CCCO/N=C1\C=C(/C)C(O)[C@@H](C)C(=O)O[C@@H](CC)C(C)/C=C(\C)C(O)C(C)C1. The fourth-order valence-corrected chi connectivity index (χ4v) is 3.54. The lowest BCUT2D eigenvalue weighted by Crippen LogP contribution is -2.34. The summed E-state index contributed by atoms with van der Waals surface area (Å²) in [5, 5.41) is 25.7. The predicted molar refractivity (Wildman–Crippen MR) is 115 cm³/mol. The first kappa shape index (κ1) is 25.4. The minimum atomic E-state index is -0.980. The number of carbonyl (C=O) groups is 1. The summed E-state index contributed by atoms with van der Waals surface area (Å²) in [4.78, 5) is 18.0. The van der Waals surface area contributed by atoms with Gasteiger partial charge in [-0.2, -0.15) is 0 Å². The predicted octanol–water partition coefficient (Wildman–Crippen LogP) is 4.02. The van der Waals surface area contributed by atoms with Crippen molar-refractivity contribution in [3.63, 3.8) is 0 Å². The number of aliphatic hydroxyl groups excluding tert-OH is 2. The Labute approximate surface area is 175 Å². The molecule has 0 amide bonds. The van der Waals surface area contributed by atoms with Crippen molar-refractivity contribution in [2.24, 2.45) is 22.9 Å². The van der Waals surface area contributed by atoms with Gasteiger partial charge in [-0.05, 0) is 63.2 Å². The molecule has 0 fully saturated rings. The normalized spacial score (nSPS) is 37.7. The van der Waals surface area contributed by atoms with Gasteiger partial charge in [-0.15, -0.1) is 0 Å². The maximum Gasteiger partial charge on any atom is 0.311 e. The summed E-state index contributed by atoms with van der Waals surface area (Å²) in [6, 6.07) is 0. The standard InChI is InChI=1S/C23H39NO5/c1-8-10-28-24-19-12-16(5)21(25)15(4)11-14(3)20(9-2)29-23(27)18(7)22(26)17(6)13-19/h11,13-14,16,18,20-22,25-26H,8-10,12H2,1-7H3/b15-11+,17-13+,24-19-/t14?,16?,18-,20+,21?,22?/m1/s1. The molecule has 29 heavy (non-hydrogen) atoms. The molecule has 0 aliphatic carbocycles. The van der Waals surface area contributed by atoms with Gasteiger partial charge in [0.05, 0.1) is 23.8 Å². The van der Waals surface area contributed by atoms with Crippen LogP contribution in [-0.2, 0) is 14.4 Å². The number of aliphatic hydroxyl groups is 2. The minimum absolute atomic E-state index is 0.0456. The second-order valence-corrected chi connectivity index (χ2v) is 8.32. The van der Waals surface area contributed by atoms with Crippen molar-refractivity contribution in [2.75, 3.05) is 6.61 Å². The first-order valence-corrected chi connectivity index (χ1v) is 10.7. The third kappa shape index (κ3) is 7.59. The van der Waals surface area contributed by atoms with Crippen LogP contribution < -0.4 is 0 Å². The number of esters is 1. The Hall–Kier alpha value is -1.66. The van der Waals surface area contributed by atoms with E-state index in [1.54, 1.807) is 19.9 Å². The number of cyclic esters (lactones) is 1. The number of nitrogens with zero attached hydrogens (tertiary/aromatic N) is 1. The summed E-state index contributed by atoms with van der Waals surface area (Å²) in [6.07, 6.45) is 3.77. The Morgan fingerprint density at radius 1 is 1.14 bits per heavy atom. The number of rotatable bonds is 4. The van der Waals surface area contributed by atoms with Crippen molar-refractivity contribution in [3.8, 4) is 0 Å². The second kappa shape index (κ2) is 12.1. The van der Waals surface area contributed by atoms with Crippen molar-refractivity contribution < 1.29 is 24.6 Å². The van der Waals surface area contributed by atoms with E-state index in [1.165, 1.54) is 0 Å². The van der Waals surface area contributed by atoms with Crippen molar-refractivity contribution >= 4 is 11.7 Å². The van der Waals surface area contributed by atoms with Gasteiger partial charge in [0, 0.05) is 5.92 Å². The number of oxime groups is 1. The maximum absolute atomic E-state index is 12.6. The third-order valence-corrected chi connectivity index (χ3v) is 5.50. The summed E-state index contributed by atoms with van der Waals surface area (Å²) < 4.78 is 5.70. The lowest BCUT2D eigenvalue weighted by atomic mass is 9.88. The van der Waals surface area contributed by atoms with E-state index >= 15 is 0 Å². The molecule has 0 saturated carbocycles. The fraction of sp³-hybridized carbons (Fsp3) is 0.739. The van der Waals surface area contributed by atoms with Crippen LogP contribution in [0.4, 0.5) is 0 Å². The molecule has 2 N–H and O–H groups in total. The highest BCUT2D eigenvalue weighted by Crippen LogP contribution is 2.24. The van der Waals surface area contributed by atoms with Gasteiger partial charge in [0.15, 0.2) is 0 Å². The number of hydrogen-bond acceptors (Lipinski definition) is 6. The van der Waals surface area contributed by atoms with Crippen LogP contribution >= 0.6 is 0 Å². The van der Waals surface area contributed by atoms with Crippen LogP contribution in [0.15, 0.2) is 28.5 Å². The van der Waals surface area contributed by atoms with Crippen molar-refractivity contribution in [1.82, 2.24) is 0 Å². The molecule has 6 atom stereocenters. The third-order valence-electron chi connectivity index (χ3n) is 5.50. The summed E-state index contributed by atoms with van der Waals surface area (Å²) in [7, 11) is 0. The summed E-state index contributed by atoms with van der Waals surface area (Å²) in [5.41, 5.74) is 2.09. The van der Waals surface area contributed by atoms with Crippen LogP contribution in [0.5, 0.6) is 0 Å². The summed E-state index contributed by atoms with van der Waals surface area (Å²) in [5.74, 6) is -1.26. The molecule has 1 heterocycles. The van der Waals surface area contributed by atoms with Crippen LogP contribution in [0.25, 0.3) is 0 Å². The molecule has 6 nitrogen and oxygen atoms in total. The molecule has 1 aliphatic rings. The lowest BCUT2D eigenvalue weighted by Gasteiger charge is -2.27. The Kier molecular flexibility index (Phi) is 10.6. The molecule has 0 aromatic heterocycles. The van der Waals surface area contributed by atoms with Gasteiger partial charge in [-0.3, -0.25) is 4.79 Å². The van der Waals surface area contributed by atoms with Gasteiger partial charge in [0.1, 0.15) is 12.7 Å². The highest BCUT2D eigenvalue weighted by Gasteiger charge is 2.29.